The zero-order valence-electron chi connectivity index (χ0n) is 14.0. The third-order valence-electron chi connectivity index (χ3n) is 4.63. The number of piperidine rings is 1. The molecule has 1 unspecified atom stereocenters. The summed E-state index contributed by atoms with van der Waals surface area (Å²) < 4.78 is 55.1. The zero-order chi connectivity index (χ0) is 19.2. The highest BCUT2D eigenvalue weighted by molar-refractivity contribution is 5.93. The van der Waals surface area contributed by atoms with Crippen molar-refractivity contribution in [1.29, 1.82) is 0 Å². The highest BCUT2D eigenvalue weighted by Gasteiger charge is 2.35. The number of amides is 1. The Hall–Kier alpha value is -2.91. The van der Waals surface area contributed by atoms with Gasteiger partial charge in [-0.15, -0.1) is 0 Å². The van der Waals surface area contributed by atoms with Gasteiger partial charge in [-0.2, -0.15) is 22.7 Å². The second kappa shape index (κ2) is 6.36. The van der Waals surface area contributed by atoms with Crippen molar-refractivity contribution in [2.24, 2.45) is 0 Å². The maximum Gasteiger partial charge on any atom is 0.435 e. The number of halogens is 4. The number of fused-ring (bicyclic) bond motifs is 1. The Kier molecular flexibility index (Phi) is 4.12. The van der Waals surface area contributed by atoms with E-state index in [2.05, 4.69) is 10.1 Å². The molecule has 3 aromatic rings. The fraction of sp³-hybridized carbons (Fsp3) is 0.353. The van der Waals surface area contributed by atoms with Crippen molar-refractivity contribution in [2.45, 2.75) is 25.1 Å². The number of aromatic nitrogens is 4. The van der Waals surface area contributed by atoms with Gasteiger partial charge in [-0.25, -0.2) is 4.98 Å². The van der Waals surface area contributed by atoms with E-state index in [-0.39, 0.29) is 12.2 Å². The zero-order valence-corrected chi connectivity index (χ0v) is 14.0. The lowest BCUT2D eigenvalue weighted by atomic mass is 10.1. The molecule has 0 radical (unpaired) electrons. The highest BCUT2D eigenvalue weighted by Crippen LogP contribution is 2.29. The maximum absolute atomic E-state index is 14.5. The van der Waals surface area contributed by atoms with Crippen LogP contribution in [-0.4, -0.2) is 43.1 Å². The average molecular weight is 381 g/mol. The van der Waals surface area contributed by atoms with Crippen LogP contribution in [0.3, 0.4) is 0 Å². The SMILES string of the molecule is O=C(c1nc2ccccn2c1F)N1CCCC(n2ccc(C(F)(F)F)n2)C1. The molecule has 142 valence electrons. The van der Waals surface area contributed by atoms with Crippen molar-refractivity contribution in [2.75, 3.05) is 13.1 Å². The number of nitrogens with zero attached hydrogens (tertiary/aromatic N) is 5. The summed E-state index contributed by atoms with van der Waals surface area (Å²) in [7, 11) is 0. The van der Waals surface area contributed by atoms with Gasteiger partial charge >= 0.3 is 6.18 Å². The molecule has 10 heteroatoms. The van der Waals surface area contributed by atoms with E-state index in [0.29, 0.717) is 25.0 Å². The molecule has 0 N–H and O–H groups in total. The van der Waals surface area contributed by atoms with Crippen LogP contribution in [0, 0.1) is 5.95 Å². The van der Waals surface area contributed by atoms with E-state index in [0.717, 1.165) is 6.07 Å². The van der Waals surface area contributed by atoms with Gasteiger partial charge in [0.15, 0.2) is 11.4 Å². The Morgan fingerprint density at radius 3 is 2.70 bits per heavy atom. The summed E-state index contributed by atoms with van der Waals surface area (Å²) in [6, 6.07) is 5.39. The van der Waals surface area contributed by atoms with Crippen LogP contribution in [-0.2, 0) is 6.18 Å². The first-order valence-electron chi connectivity index (χ1n) is 8.39. The summed E-state index contributed by atoms with van der Waals surface area (Å²) >= 11 is 0. The number of rotatable bonds is 2. The Bertz CT molecular complexity index is 993. The normalized spacial score (nSPS) is 18.2. The lowest BCUT2D eigenvalue weighted by molar-refractivity contribution is -0.141. The highest BCUT2D eigenvalue weighted by atomic mass is 19.4. The van der Waals surface area contributed by atoms with Gasteiger partial charge in [0.25, 0.3) is 5.91 Å². The molecule has 3 aromatic heterocycles. The maximum atomic E-state index is 14.5. The quantitative estimate of drug-likeness (QED) is 0.641. The fourth-order valence-electron chi connectivity index (χ4n) is 3.30. The lowest BCUT2D eigenvalue weighted by Crippen LogP contribution is -2.41. The van der Waals surface area contributed by atoms with Gasteiger partial charge in [-0.05, 0) is 31.0 Å². The van der Waals surface area contributed by atoms with Gasteiger partial charge in [0.1, 0.15) is 5.65 Å². The number of imidazole rings is 1. The molecule has 0 aromatic carbocycles. The van der Waals surface area contributed by atoms with Crippen LogP contribution < -0.4 is 0 Å². The molecule has 1 aliphatic heterocycles. The molecular weight excluding hydrogens is 366 g/mol. The molecule has 0 saturated carbocycles. The van der Waals surface area contributed by atoms with Crippen molar-refractivity contribution in [1.82, 2.24) is 24.1 Å². The molecule has 0 spiro atoms. The molecule has 1 saturated heterocycles. The first-order chi connectivity index (χ1) is 12.8. The van der Waals surface area contributed by atoms with Gasteiger partial charge < -0.3 is 4.90 Å². The second-order valence-electron chi connectivity index (χ2n) is 6.41. The predicted molar refractivity (Wildman–Crippen MR) is 86.6 cm³/mol. The molecule has 1 atom stereocenters. The van der Waals surface area contributed by atoms with Crippen molar-refractivity contribution < 1.29 is 22.4 Å². The first kappa shape index (κ1) is 17.5. The standard InChI is InChI=1S/C17H15F4N5O/c18-15-14(22-13-5-1-2-8-25(13)15)16(27)24-7-3-4-11(10-24)26-9-6-12(23-26)17(19,20)21/h1-2,5-6,8-9,11H,3-4,7,10H2. The number of alkyl halides is 3. The van der Waals surface area contributed by atoms with Crippen LogP contribution in [0.4, 0.5) is 17.6 Å². The van der Waals surface area contributed by atoms with E-state index in [1.54, 1.807) is 18.2 Å². The number of carbonyl (C=O) groups is 1. The van der Waals surface area contributed by atoms with Crippen LogP contribution in [0.25, 0.3) is 5.65 Å². The molecule has 4 heterocycles. The molecule has 6 nitrogen and oxygen atoms in total. The lowest BCUT2D eigenvalue weighted by Gasteiger charge is -2.32. The Labute approximate surface area is 151 Å². The van der Waals surface area contributed by atoms with E-state index >= 15 is 0 Å². The predicted octanol–water partition coefficient (Wildman–Crippen LogP) is 3.17. The summed E-state index contributed by atoms with van der Waals surface area (Å²) in [5.41, 5.74) is -0.954. The summed E-state index contributed by atoms with van der Waals surface area (Å²) in [5, 5.41) is 3.58. The molecule has 27 heavy (non-hydrogen) atoms. The van der Waals surface area contributed by atoms with E-state index in [1.807, 2.05) is 0 Å². The summed E-state index contributed by atoms with van der Waals surface area (Å²) in [5.74, 6) is -1.33. The third kappa shape index (κ3) is 3.15. The van der Waals surface area contributed by atoms with Gasteiger partial charge in [0.2, 0.25) is 5.95 Å². The van der Waals surface area contributed by atoms with Crippen LogP contribution in [0.5, 0.6) is 0 Å². The van der Waals surface area contributed by atoms with Crippen LogP contribution in [0.15, 0.2) is 36.7 Å². The Morgan fingerprint density at radius 2 is 2.00 bits per heavy atom. The second-order valence-corrected chi connectivity index (χ2v) is 6.41. The van der Waals surface area contributed by atoms with Crippen molar-refractivity contribution in [3.63, 3.8) is 0 Å². The van der Waals surface area contributed by atoms with Crippen LogP contribution >= 0.6 is 0 Å². The van der Waals surface area contributed by atoms with Gasteiger partial charge in [0.05, 0.1) is 6.04 Å². The summed E-state index contributed by atoms with van der Waals surface area (Å²) in [4.78, 5) is 18.2. The van der Waals surface area contributed by atoms with E-state index in [9.17, 15) is 22.4 Å². The molecule has 0 bridgehead atoms. The largest absolute Gasteiger partial charge is 0.435 e. The van der Waals surface area contributed by atoms with Crippen molar-refractivity contribution in [3.8, 4) is 0 Å². The molecule has 1 aliphatic rings. The minimum absolute atomic E-state index is 0.144. The Morgan fingerprint density at radius 1 is 1.19 bits per heavy atom. The fourth-order valence-corrected chi connectivity index (χ4v) is 3.30. The van der Waals surface area contributed by atoms with Crippen molar-refractivity contribution in [3.05, 3.63) is 54.0 Å². The van der Waals surface area contributed by atoms with Crippen LogP contribution in [0.1, 0.15) is 35.1 Å². The number of pyridine rings is 1. The first-order valence-corrected chi connectivity index (χ1v) is 8.39. The van der Waals surface area contributed by atoms with Gasteiger partial charge in [-0.3, -0.25) is 13.9 Å². The number of likely N-dealkylation sites (tertiary alicyclic amines) is 1. The Balaban J connectivity index is 1.56. The monoisotopic (exact) mass is 381 g/mol. The van der Waals surface area contributed by atoms with Gasteiger partial charge in [0, 0.05) is 25.5 Å². The van der Waals surface area contributed by atoms with E-state index in [4.69, 9.17) is 0 Å². The number of hydrogen-bond donors (Lipinski definition) is 0. The molecule has 0 aliphatic carbocycles. The van der Waals surface area contributed by atoms with Crippen LogP contribution in [0.2, 0.25) is 0 Å². The minimum Gasteiger partial charge on any atom is -0.335 e. The number of carbonyl (C=O) groups excluding carboxylic acids is 1. The average Bonchev–Trinajstić information content (AvgIpc) is 3.27. The molecule has 1 amide bonds. The molecular formula is C17H15F4N5O. The van der Waals surface area contributed by atoms with E-state index < -0.39 is 29.8 Å². The van der Waals surface area contributed by atoms with E-state index in [1.165, 1.54) is 26.4 Å². The number of hydrogen-bond acceptors (Lipinski definition) is 3. The van der Waals surface area contributed by atoms with Crippen molar-refractivity contribution >= 4 is 11.6 Å². The third-order valence-corrected chi connectivity index (χ3v) is 4.63. The molecule has 4 rings (SSSR count). The summed E-state index contributed by atoms with van der Waals surface area (Å²) in [6.07, 6.45) is -0.638. The minimum atomic E-state index is -4.52. The topological polar surface area (TPSA) is 55.4 Å². The smallest absolute Gasteiger partial charge is 0.335 e. The van der Waals surface area contributed by atoms with Gasteiger partial charge in [-0.1, -0.05) is 6.07 Å². The molecule has 1 fully saturated rings. The summed E-state index contributed by atoms with van der Waals surface area (Å²) in [6.45, 7) is 0.529.